The second-order valence-corrected chi connectivity index (χ2v) is 8.64. The first-order valence-electron chi connectivity index (χ1n) is 8.78. The Morgan fingerprint density at radius 1 is 1.17 bits per heavy atom. The molecule has 0 radical (unpaired) electrons. The van der Waals surface area contributed by atoms with Crippen LogP contribution in [0.1, 0.15) is 16.8 Å². The third-order valence-corrected chi connectivity index (χ3v) is 6.44. The van der Waals surface area contributed by atoms with E-state index in [-0.39, 0.29) is 22.0 Å². The lowest BCUT2D eigenvalue weighted by atomic mass is 10.2. The number of carbonyl (C=O) groups excluding carboxylic acids is 1. The van der Waals surface area contributed by atoms with Crippen molar-refractivity contribution in [3.63, 3.8) is 0 Å². The molecule has 0 atom stereocenters. The minimum Gasteiger partial charge on any atom is -0.341 e. The number of benzene rings is 2. The van der Waals surface area contributed by atoms with Gasteiger partial charge in [-0.3, -0.25) is 9.10 Å². The molecule has 2 aromatic rings. The fourth-order valence-electron chi connectivity index (χ4n) is 2.62. The minimum absolute atomic E-state index is 0.0493. The van der Waals surface area contributed by atoms with Crippen molar-refractivity contribution < 1.29 is 26.4 Å². The van der Waals surface area contributed by atoms with Crippen LogP contribution in [0, 0.1) is 0 Å². The van der Waals surface area contributed by atoms with Crippen molar-refractivity contribution in [1.29, 1.82) is 0 Å². The van der Waals surface area contributed by atoms with E-state index in [0.717, 1.165) is 15.3 Å². The van der Waals surface area contributed by atoms with Crippen molar-refractivity contribution in [1.82, 2.24) is 4.90 Å². The van der Waals surface area contributed by atoms with Gasteiger partial charge < -0.3 is 4.90 Å². The first kappa shape index (κ1) is 23.8. The molecule has 2 aromatic carbocycles. The molecular formula is C20H20ClF3N2O3S. The molecule has 0 saturated carbocycles. The van der Waals surface area contributed by atoms with Crippen LogP contribution in [0.4, 0.5) is 18.9 Å². The Morgan fingerprint density at radius 3 is 2.37 bits per heavy atom. The third-order valence-electron chi connectivity index (χ3n) is 4.16. The van der Waals surface area contributed by atoms with Crippen LogP contribution in [0.15, 0.2) is 66.1 Å². The monoisotopic (exact) mass is 460 g/mol. The summed E-state index contributed by atoms with van der Waals surface area (Å²) in [4.78, 5) is 13.1. The normalized spacial score (nSPS) is 11.8. The fraction of sp³-hybridized carbons (Fsp3) is 0.250. The van der Waals surface area contributed by atoms with Crippen molar-refractivity contribution in [2.45, 2.75) is 17.5 Å². The van der Waals surface area contributed by atoms with E-state index in [9.17, 15) is 26.4 Å². The van der Waals surface area contributed by atoms with E-state index in [4.69, 9.17) is 11.6 Å². The Morgan fingerprint density at radius 2 is 1.80 bits per heavy atom. The Hall–Kier alpha value is -2.52. The van der Waals surface area contributed by atoms with Gasteiger partial charge in [0.1, 0.15) is 4.90 Å². The summed E-state index contributed by atoms with van der Waals surface area (Å²) in [6.45, 7) is 2.97. The first-order valence-corrected chi connectivity index (χ1v) is 10.6. The Kier molecular flexibility index (Phi) is 7.54. The maximum atomic E-state index is 13.3. The van der Waals surface area contributed by atoms with Gasteiger partial charge in [0.2, 0.25) is 0 Å². The van der Waals surface area contributed by atoms with Crippen LogP contribution < -0.4 is 4.31 Å². The highest BCUT2D eigenvalue weighted by Gasteiger charge is 2.30. The molecule has 0 saturated heterocycles. The average Bonchev–Trinajstić information content (AvgIpc) is 2.69. The van der Waals surface area contributed by atoms with Gasteiger partial charge in [-0.25, -0.2) is 8.42 Å². The zero-order valence-corrected chi connectivity index (χ0v) is 17.6. The van der Waals surface area contributed by atoms with E-state index < -0.39 is 35.1 Å². The average molecular weight is 461 g/mol. The topological polar surface area (TPSA) is 57.7 Å². The van der Waals surface area contributed by atoms with Crippen molar-refractivity contribution in [2.75, 3.05) is 24.4 Å². The van der Waals surface area contributed by atoms with Crippen molar-refractivity contribution in [2.24, 2.45) is 0 Å². The van der Waals surface area contributed by atoms with Crippen LogP contribution >= 0.6 is 11.6 Å². The molecule has 5 nitrogen and oxygen atoms in total. The molecule has 0 aromatic heterocycles. The molecule has 0 aliphatic carbocycles. The molecule has 0 aliphatic rings. The highest BCUT2D eigenvalue weighted by Crippen LogP contribution is 2.30. The molecule has 1 amide bonds. The van der Waals surface area contributed by atoms with E-state index >= 15 is 0 Å². The highest BCUT2D eigenvalue weighted by atomic mass is 35.5. The van der Waals surface area contributed by atoms with E-state index in [2.05, 4.69) is 6.58 Å². The fourth-order valence-corrected chi connectivity index (χ4v) is 4.56. The highest BCUT2D eigenvalue weighted by molar-refractivity contribution is 7.93. The maximum absolute atomic E-state index is 13.3. The summed E-state index contributed by atoms with van der Waals surface area (Å²) in [5, 5.41) is -0.116. The second-order valence-electron chi connectivity index (χ2n) is 6.40. The van der Waals surface area contributed by atoms with Crippen LogP contribution in [0.2, 0.25) is 5.02 Å². The number of alkyl halides is 3. The summed E-state index contributed by atoms with van der Waals surface area (Å²) >= 11 is 6.11. The summed E-state index contributed by atoms with van der Waals surface area (Å²) < 4.78 is 64.9. The van der Waals surface area contributed by atoms with E-state index in [1.807, 2.05) is 0 Å². The number of rotatable bonds is 8. The molecule has 0 unspecified atom stereocenters. The second kappa shape index (κ2) is 9.53. The standard InChI is InChI=1S/C20H20ClF3N2O3S/c1-3-12-26(16-7-5-4-6-8-16)30(28,29)18-14-15(9-10-17(18)21)19(27)25(2)13-11-20(22,23)24/h3-10,14H,1,11-13H2,2H3. The Balaban J connectivity index is 2.41. The summed E-state index contributed by atoms with van der Waals surface area (Å²) in [6.07, 6.45) is -4.18. The summed E-state index contributed by atoms with van der Waals surface area (Å²) in [5.74, 6) is -0.748. The molecule has 30 heavy (non-hydrogen) atoms. The number of para-hydroxylation sites is 1. The number of carbonyl (C=O) groups is 1. The van der Waals surface area contributed by atoms with Crippen LogP contribution in [0.25, 0.3) is 0 Å². The van der Waals surface area contributed by atoms with Gasteiger partial charge >= 0.3 is 6.18 Å². The number of hydrogen-bond donors (Lipinski definition) is 0. The van der Waals surface area contributed by atoms with Gasteiger partial charge in [-0.2, -0.15) is 13.2 Å². The molecule has 0 N–H and O–H groups in total. The molecule has 10 heteroatoms. The number of sulfonamides is 1. The van der Waals surface area contributed by atoms with Crippen LogP contribution in [0.3, 0.4) is 0 Å². The van der Waals surface area contributed by atoms with Gasteiger partial charge in [0.05, 0.1) is 23.7 Å². The predicted octanol–water partition coefficient (Wildman–Crippen LogP) is 4.75. The van der Waals surface area contributed by atoms with E-state index in [0.29, 0.717) is 5.69 Å². The number of anilines is 1. The van der Waals surface area contributed by atoms with Gasteiger partial charge in [0.15, 0.2) is 0 Å². The van der Waals surface area contributed by atoms with Crippen LogP contribution in [-0.2, 0) is 10.0 Å². The van der Waals surface area contributed by atoms with Gasteiger partial charge in [-0.15, -0.1) is 6.58 Å². The van der Waals surface area contributed by atoms with Crippen molar-refractivity contribution in [3.05, 3.63) is 71.8 Å². The van der Waals surface area contributed by atoms with E-state index in [1.165, 1.54) is 25.3 Å². The molecule has 162 valence electrons. The number of halogens is 4. The van der Waals surface area contributed by atoms with Gasteiger partial charge in [-0.1, -0.05) is 35.9 Å². The molecule has 0 fully saturated rings. The van der Waals surface area contributed by atoms with Crippen molar-refractivity contribution >= 4 is 33.2 Å². The lowest BCUT2D eigenvalue weighted by Gasteiger charge is -2.24. The quantitative estimate of drug-likeness (QED) is 0.534. The predicted molar refractivity (Wildman–Crippen MR) is 110 cm³/mol. The largest absolute Gasteiger partial charge is 0.390 e. The number of hydrogen-bond acceptors (Lipinski definition) is 3. The minimum atomic E-state index is -4.41. The smallest absolute Gasteiger partial charge is 0.341 e. The maximum Gasteiger partial charge on any atom is 0.390 e. The van der Waals surface area contributed by atoms with E-state index in [1.54, 1.807) is 30.3 Å². The Bertz CT molecular complexity index is 1010. The lowest BCUT2D eigenvalue weighted by Crippen LogP contribution is -2.32. The summed E-state index contributed by atoms with van der Waals surface area (Å²) in [5.41, 5.74) is 0.279. The summed E-state index contributed by atoms with van der Waals surface area (Å²) in [6, 6.07) is 11.8. The SMILES string of the molecule is C=CCN(c1ccccc1)S(=O)(=O)c1cc(C(=O)N(C)CCC(F)(F)F)ccc1Cl. The molecule has 0 spiro atoms. The van der Waals surface area contributed by atoms with Gasteiger partial charge in [0, 0.05) is 19.2 Å². The molecule has 0 heterocycles. The van der Waals surface area contributed by atoms with Gasteiger partial charge in [-0.05, 0) is 30.3 Å². The molecule has 2 rings (SSSR count). The van der Waals surface area contributed by atoms with Crippen LogP contribution in [0.5, 0.6) is 0 Å². The summed E-state index contributed by atoms with van der Waals surface area (Å²) in [7, 11) is -2.97. The zero-order valence-electron chi connectivity index (χ0n) is 16.1. The lowest BCUT2D eigenvalue weighted by molar-refractivity contribution is -0.136. The first-order chi connectivity index (χ1) is 14.0. The zero-order chi connectivity index (χ0) is 22.5. The Labute approximate surface area is 178 Å². The molecular weight excluding hydrogens is 441 g/mol. The molecule has 0 aliphatic heterocycles. The number of nitrogens with zero attached hydrogens (tertiary/aromatic N) is 2. The van der Waals surface area contributed by atoms with Crippen LogP contribution in [-0.4, -0.2) is 45.5 Å². The number of amides is 1. The third kappa shape index (κ3) is 5.76. The molecule has 0 bridgehead atoms. The van der Waals surface area contributed by atoms with Gasteiger partial charge in [0.25, 0.3) is 15.9 Å². The van der Waals surface area contributed by atoms with Crippen molar-refractivity contribution in [3.8, 4) is 0 Å².